The third kappa shape index (κ3) is 17.3. The number of rotatable bonds is 8. The molecular formula is C72H56S9. The first kappa shape index (κ1) is 58.3. The van der Waals surface area contributed by atoms with Crippen molar-refractivity contribution in [3.63, 3.8) is 0 Å². The summed E-state index contributed by atoms with van der Waals surface area (Å²) < 4.78 is 0. The van der Waals surface area contributed by atoms with Crippen LogP contribution in [0.3, 0.4) is 0 Å². The predicted molar refractivity (Wildman–Crippen MR) is 369 cm³/mol. The van der Waals surface area contributed by atoms with Crippen molar-refractivity contribution in [1.82, 2.24) is 0 Å². The smallest absolute Gasteiger partial charge is 0.0529 e. The Balaban J connectivity index is 1.44. The zero-order valence-corrected chi connectivity index (χ0v) is 51.4. The van der Waals surface area contributed by atoms with Gasteiger partial charge in [-0.25, -0.2) is 0 Å². The molecule has 398 valence electrons. The average Bonchev–Trinajstić information content (AvgIpc) is 4.05. The van der Waals surface area contributed by atoms with Crippen molar-refractivity contribution in [3.05, 3.63) is 334 Å². The van der Waals surface area contributed by atoms with Crippen LogP contribution in [0.2, 0.25) is 0 Å². The standard InChI is InChI=1S/C72H56S9/c1-3-28-46-64(73-48-30-12-1)57-39-21-5-14-32-50-75-66(57)58-40-22-6-15-33-51-76-67(58)59-41-23-7-16-34-52-77-68(59)60-42-24-8-17-35-53-78-69(60)61-43-25-9-18-36-54-79-70(61)62-44-26-10-19-37-55-80-71(62)63-45-27-11-20-38-56-81-72(63)65-47-29-4-2-13-31-49-74-65/h1-56H. The highest BCUT2D eigenvalue weighted by Gasteiger charge is 2.21. The van der Waals surface area contributed by atoms with Gasteiger partial charge in [-0.05, 0) is 60.6 Å². The molecule has 0 fully saturated rings. The van der Waals surface area contributed by atoms with Gasteiger partial charge in [-0.3, -0.25) is 0 Å². The van der Waals surface area contributed by atoms with Crippen LogP contribution in [0.1, 0.15) is 0 Å². The molecule has 0 unspecified atom stereocenters. The van der Waals surface area contributed by atoms with Crippen LogP contribution >= 0.6 is 102 Å². The maximum absolute atomic E-state index is 2.32. The highest BCUT2D eigenvalue weighted by molar-refractivity contribution is 7.21. The minimum absolute atomic E-state index is 1.10. The lowest BCUT2D eigenvalue weighted by molar-refractivity contribution is 1.70. The van der Waals surface area contributed by atoms with Gasteiger partial charge in [-0.1, -0.05) is 273 Å². The van der Waals surface area contributed by atoms with Gasteiger partial charge in [0.25, 0.3) is 0 Å². The molecule has 81 heavy (non-hydrogen) atoms. The predicted octanol–water partition coefficient (Wildman–Crippen LogP) is 25.7. The summed E-state index contributed by atoms with van der Waals surface area (Å²) in [4.78, 5) is 10.2. The van der Waals surface area contributed by atoms with Gasteiger partial charge < -0.3 is 0 Å². The molecule has 0 amide bonds. The summed E-state index contributed by atoms with van der Waals surface area (Å²) in [6.45, 7) is 0. The molecule has 9 rings (SSSR count). The molecule has 9 heterocycles. The van der Waals surface area contributed by atoms with Crippen LogP contribution in [0.15, 0.2) is 334 Å². The fourth-order valence-corrected chi connectivity index (χ4v) is 16.5. The topological polar surface area (TPSA) is 0 Å². The Morgan fingerprint density at radius 3 is 0.593 bits per heavy atom. The minimum Gasteiger partial charge on any atom is -0.144 e. The van der Waals surface area contributed by atoms with Crippen LogP contribution in [-0.2, 0) is 0 Å². The molecule has 9 aromatic heterocycles. The minimum atomic E-state index is 1.10. The molecular weight excluding hydrogens is 1150 g/mol. The first-order valence-electron chi connectivity index (χ1n) is 26.0. The van der Waals surface area contributed by atoms with Crippen LogP contribution < -0.4 is 0 Å². The van der Waals surface area contributed by atoms with Crippen molar-refractivity contribution in [2.24, 2.45) is 0 Å². The molecule has 0 N–H and O–H groups in total. The molecule has 9 heteroatoms. The molecule has 0 aromatic carbocycles. The van der Waals surface area contributed by atoms with Crippen molar-refractivity contribution in [2.45, 2.75) is 0 Å². The monoisotopic (exact) mass is 1210 g/mol. The summed E-state index contributed by atoms with van der Waals surface area (Å²) in [6.07, 6.45) is 0. The lowest BCUT2D eigenvalue weighted by atomic mass is 9.99. The van der Waals surface area contributed by atoms with E-state index in [0.29, 0.717) is 0 Å². The third-order valence-electron chi connectivity index (χ3n) is 11.6. The molecule has 0 nitrogen and oxygen atoms in total. The molecule has 0 spiro atoms. The Kier molecular flexibility index (Phi) is 24.0. The maximum atomic E-state index is 2.32. The van der Waals surface area contributed by atoms with Crippen molar-refractivity contribution in [1.29, 1.82) is 0 Å². The maximum Gasteiger partial charge on any atom is 0.0529 e. The summed E-state index contributed by atoms with van der Waals surface area (Å²) in [5, 5.41) is 19.8. The van der Waals surface area contributed by atoms with Crippen LogP contribution in [0.5, 0.6) is 0 Å². The van der Waals surface area contributed by atoms with Crippen molar-refractivity contribution in [3.8, 4) is 82.8 Å². The summed E-state index contributed by atoms with van der Waals surface area (Å²) in [5.74, 6) is 0. The van der Waals surface area contributed by atoms with Gasteiger partial charge in [0, 0.05) is 78.0 Å². The van der Waals surface area contributed by atoms with Gasteiger partial charge in [-0.2, -0.15) is 0 Å². The fourth-order valence-electron chi connectivity index (χ4n) is 8.06. The Morgan fingerprint density at radius 2 is 0.296 bits per heavy atom. The molecule has 0 saturated carbocycles. The van der Waals surface area contributed by atoms with E-state index >= 15 is 0 Å². The van der Waals surface area contributed by atoms with Crippen molar-refractivity contribution in [2.75, 3.05) is 0 Å². The quantitative estimate of drug-likeness (QED) is 0.142. The molecule has 9 aromatic rings. The second-order valence-corrected chi connectivity index (χ2v) is 25.3. The normalized spacial score (nSPS) is 9.98. The van der Waals surface area contributed by atoms with E-state index in [-0.39, 0.29) is 0 Å². The molecule has 0 aliphatic rings. The van der Waals surface area contributed by atoms with E-state index < -0.39 is 0 Å². The van der Waals surface area contributed by atoms with Gasteiger partial charge in [0.1, 0.15) is 0 Å². The van der Waals surface area contributed by atoms with Crippen LogP contribution in [-0.4, -0.2) is 0 Å². The molecule has 0 bridgehead atoms. The Hall–Kier alpha value is -7.38. The largest absolute Gasteiger partial charge is 0.144 e. The Labute approximate surface area is 513 Å². The first-order valence-corrected chi connectivity index (χ1v) is 33.9. The first-order chi connectivity index (χ1) is 40.3. The van der Waals surface area contributed by atoms with Gasteiger partial charge in [0.05, 0.1) is 4.88 Å². The zero-order chi connectivity index (χ0) is 55.2. The summed E-state index contributed by atoms with van der Waals surface area (Å²) in [7, 11) is 0. The molecule has 0 saturated heterocycles. The van der Waals surface area contributed by atoms with E-state index in [1.54, 1.807) is 102 Å². The van der Waals surface area contributed by atoms with Gasteiger partial charge in [0.2, 0.25) is 0 Å². The SMILES string of the molecule is c1cccsc(-c2ccccccsc2-c2ccccccsc2-c2ccccccsc2-c2ccccccsc2-c2ccccccsc2-c2ccccccsc2-c2ccccccsc2-c2cccccccs2)ccc1. The summed E-state index contributed by atoms with van der Waals surface area (Å²) >= 11 is 15.8. The van der Waals surface area contributed by atoms with Gasteiger partial charge in [-0.15, -0.1) is 102 Å². The van der Waals surface area contributed by atoms with Crippen LogP contribution in [0.25, 0.3) is 82.8 Å². The highest BCUT2D eigenvalue weighted by Crippen LogP contribution is 2.50. The molecule has 0 aliphatic heterocycles. The summed E-state index contributed by atoms with van der Waals surface area (Å²) in [5.41, 5.74) is 7.81. The van der Waals surface area contributed by atoms with E-state index in [1.807, 2.05) is 0 Å². The zero-order valence-electron chi connectivity index (χ0n) is 44.0. The molecule has 0 aliphatic carbocycles. The van der Waals surface area contributed by atoms with E-state index in [0.717, 1.165) is 78.0 Å². The van der Waals surface area contributed by atoms with Crippen molar-refractivity contribution >= 4 is 102 Å². The Morgan fingerprint density at radius 1 is 0.123 bits per heavy atom. The van der Waals surface area contributed by atoms with Crippen molar-refractivity contribution < 1.29 is 0 Å². The van der Waals surface area contributed by atoms with E-state index in [9.17, 15) is 0 Å². The van der Waals surface area contributed by atoms with Gasteiger partial charge >= 0.3 is 0 Å². The van der Waals surface area contributed by atoms with E-state index in [2.05, 4.69) is 334 Å². The third-order valence-corrected chi connectivity index (χ3v) is 20.3. The van der Waals surface area contributed by atoms with Gasteiger partial charge in [0.15, 0.2) is 0 Å². The molecule has 0 radical (unpaired) electrons. The second kappa shape index (κ2) is 33.4. The van der Waals surface area contributed by atoms with Crippen LogP contribution in [0.4, 0.5) is 0 Å². The lowest BCUT2D eigenvalue weighted by Crippen LogP contribution is -1.88. The lowest BCUT2D eigenvalue weighted by Gasteiger charge is -2.16. The number of hydrogen-bond acceptors (Lipinski definition) is 9. The Bertz CT molecular complexity index is 3720. The second-order valence-electron chi connectivity index (χ2n) is 17.0. The van der Waals surface area contributed by atoms with Crippen LogP contribution in [0, 0.1) is 0 Å². The average molecular weight is 1210 g/mol. The summed E-state index contributed by atoms with van der Waals surface area (Å²) in [6, 6.07) is 101. The highest BCUT2D eigenvalue weighted by atomic mass is 32.1. The van der Waals surface area contributed by atoms with E-state index in [4.69, 9.17) is 0 Å². The van der Waals surface area contributed by atoms with E-state index in [1.165, 1.54) is 4.88 Å². The number of hydrogen-bond donors (Lipinski definition) is 0. The fraction of sp³-hybridized carbons (Fsp3) is 0. The molecule has 0 atom stereocenters.